The van der Waals surface area contributed by atoms with Gasteiger partial charge in [0.15, 0.2) is 5.38 Å². The van der Waals surface area contributed by atoms with E-state index in [1.54, 1.807) is 21.3 Å². The smallest absolute Gasteiger partial charge is 0.312 e. The summed E-state index contributed by atoms with van der Waals surface area (Å²) in [5.74, 6) is 0.480. The second-order valence-corrected chi connectivity index (χ2v) is 4.80. The van der Waals surface area contributed by atoms with Gasteiger partial charge in [0.1, 0.15) is 9.52 Å². The molecule has 0 amide bonds. The van der Waals surface area contributed by atoms with Crippen LogP contribution in [0.25, 0.3) is 0 Å². The third kappa shape index (κ3) is 3.32. The highest BCUT2D eigenvalue weighted by Gasteiger charge is 2.09. The average Bonchev–Trinajstić information content (AvgIpc) is 2.30. The third-order valence-corrected chi connectivity index (χ3v) is 3.83. The van der Waals surface area contributed by atoms with Gasteiger partial charge < -0.3 is 14.2 Å². The predicted octanol–water partition coefficient (Wildman–Crippen LogP) is 0.546. The van der Waals surface area contributed by atoms with Gasteiger partial charge in [-0.05, 0) is 0 Å². The number of benzene rings is 1. The van der Waals surface area contributed by atoms with Crippen LogP contribution in [-0.4, -0.2) is 30.8 Å². The summed E-state index contributed by atoms with van der Waals surface area (Å²) in [5, 5.41) is 2.12. The largest absolute Gasteiger partial charge is 0.499 e. The quantitative estimate of drug-likeness (QED) is 0.540. The van der Waals surface area contributed by atoms with Crippen molar-refractivity contribution in [2.45, 2.75) is 0 Å². The van der Waals surface area contributed by atoms with Gasteiger partial charge in [0.25, 0.3) is 0 Å². The monoisotopic (exact) mass is 224 g/mol. The third-order valence-electron chi connectivity index (χ3n) is 2.05. The van der Waals surface area contributed by atoms with Gasteiger partial charge in [-0.25, -0.2) is 0 Å². The lowest BCUT2D eigenvalue weighted by Gasteiger charge is -2.11. The molecule has 0 saturated carbocycles. The fourth-order valence-electron chi connectivity index (χ4n) is 1.32. The Kier molecular flexibility index (Phi) is 4.76. The first-order valence-corrected chi connectivity index (χ1v) is 6.12. The van der Waals surface area contributed by atoms with Gasteiger partial charge in [-0.2, -0.15) is 0 Å². The average molecular weight is 224 g/mol. The molecule has 15 heavy (non-hydrogen) atoms. The van der Waals surface area contributed by atoms with Crippen molar-refractivity contribution in [2.24, 2.45) is 0 Å². The minimum atomic E-state index is -0.659. The molecule has 3 nitrogen and oxygen atoms in total. The van der Waals surface area contributed by atoms with Crippen LogP contribution in [0.4, 0.5) is 0 Å². The molecule has 1 aromatic carbocycles. The minimum absolute atomic E-state index is 0.480. The van der Waals surface area contributed by atoms with Gasteiger partial charge in [-0.3, -0.25) is 0 Å². The summed E-state index contributed by atoms with van der Waals surface area (Å²) in [6.45, 7) is 0. The molecule has 1 rings (SSSR count). The van der Waals surface area contributed by atoms with Crippen LogP contribution >= 0.6 is 0 Å². The molecule has 0 atom stereocenters. The van der Waals surface area contributed by atoms with Gasteiger partial charge >= 0.3 is 5.95 Å². The van der Waals surface area contributed by atoms with E-state index < -0.39 is 9.52 Å². The zero-order valence-electron chi connectivity index (χ0n) is 9.32. The van der Waals surface area contributed by atoms with E-state index in [1.807, 2.05) is 18.2 Å². The Hall–Kier alpha value is -1.42. The Bertz CT molecular complexity index is 316. The molecule has 0 aromatic heterocycles. The Labute approximate surface area is 92.5 Å². The highest BCUT2D eigenvalue weighted by atomic mass is 28.2. The summed E-state index contributed by atoms with van der Waals surface area (Å²) >= 11 is 0. The van der Waals surface area contributed by atoms with Crippen LogP contribution in [0.3, 0.4) is 0 Å². The van der Waals surface area contributed by atoms with Crippen molar-refractivity contribution >= 4 is 14.7 Å². The molecule has 82 valence electrons. The van der Waals surface area contributed by atoms with Gasteiger partial charge in [-0.15, -0.1) is 0 Å². The van der Waals surface area contributed by atoms with Crippen LogP contribution in [0.5, 0.6) is 0 Å². The standard InChI is InChI=1S/C11H16O3Si/c1-12-10(13-2)11(14-3)15-9-7-5-4-6-8-9/h4-8H,15H2,1-3H3. The van der Waals surface area contributed by atoms with Gasteiger partial charge in [0, 0.05) is 0 Å². The number of hydrogen-bond donors (Lipinski definition) is 0. The molecule has 0 unspecified atom stereocenters. The summed E-state index contributed by atoms with van der Waals surface area (Å²) in [7, 11) is 4.14. The van der Waals surface area contributed by atoms with E-state index in [1.165, 1.54) is 5.19 Å². The number of rotatable bonds is 5. The van der Waals surface area contributed by atoms with Crippen LogP contribution in [0.1, 0.15) is 0 Å². The molecule has 0 aliphatic carbocycles. The second kappa shape index (κ2) is 6.13. The molecular formula is C11H16O3Si. The first kappa shape index (κ1) is 11.7. The maximum atomic E-state index is 5.29. The van der Waals surface area contributed by atoms with Crippen molar-refractivity contribution in [2.75, 3.05) is 21.3 Å². The molecule has 0 aliphatic rings. The fourth-order valence-corrected chi connectivity index (χ4v) is 2.78. The molecule has 0 saturated heterocycles. The Balaban J connectivity index is 2.82. The molecule has 0 aliphatic heterocycles. The lowest BCUT2D eigenvalue weighted by Crippen LogP contribution is -2.19. The zero-order chi connectivity index (χ0) is 11.1. The van der Waals surface area contributed by atoms with Gasteiger partial charge in [0.2, 0.25) is 0 Å². The predicted molar refractivity (Wildman–Crippen MR) is 62.7 cm³/mol. The Morgan fingerprint density at radius 1 is 0.933 bits per heavy atom. The normalized spacial score (nSPS) is 10.1. The van der Waals surface area contributed by atoms with Gasteiger partial charge in [0.05, 0.1) is 21.3 Å². The molecule has 0 N–H and O–H groups in total. The topological polar surface area (TPSA) is 27.7 Å². The summed E-state index contributed by atoms with van der Waals surface area (Å²) in [4.78, 5) is 0. The van der Waals surface area contributed by atoms with Crippen LogP contribution in [0.2, 0.25) is 0 Å². The Morgan fingerprint density at radius 3 is 2.00 bits per heavy atom. The minimum Gasteiger partial charge on any atom is -0.499 e. The molecular weight excluding hydrogens is 208 g/mol. The SMILES string of the molecule is COC(OC)=C(OC)[SiH2]c1ccccc1. The highest BCUT2D eigenvalue weighted by Crippen LogP contribution is 2.05. The summed E-state index contributed by atoms with van der Waals surface area (Å²) in [6, 6.07) is 10.2. The summed E-state index contributed by atoms with van der Waals surface area (Å²) in [5.41, 5.74) is 0. The van der Waals surface area contributed by atoms with Gasteiger partial charge in [-0.1, -0.05) is 35.5 Å². The number of methoxy groups -OCH3 is 3. The molecule has 0 spiro atoms. The first-order valence-electron chi connectivity index (χ1n) is 4.70. The van der Waals surface area contributed by atoms with Crippen LogP contribution < -0.4 is 5.19 Å². The fraction of sp³-hybridized carbons (Fsp3) is 0.273. The molecule has 0 heterocycles. The van der Waals surface area contributed by atoms with E-state index in [0.29, 0.717) is 5.95 Å². The molecule has 1 aromatic rings. The van der Waals surface area contributed by atoms with E-state index in [0.717, 1.165) is 5.38 Å². The van der Waals surface area contributed by atoms with E-state index >= 15 is 0 Å². The maximum Gasteiger partial charge on any atom is 0.312 e. The maximum absolute atomic E-state index is 5.29. The number of ether oxygens (including phenoxy) is 3. The lowest BCUT2D eigenvalue weighted by atomic mass is 10.4. The molecule has 0 fully saturated rings. The molecule has 0 bridgehead atoms. The van der Waals surface area contributed by atoms with Crippen LogP contribution in [0, 0.1) is 0 Å². The van der Waals surface area contributed by atoms with E-state index in [-0.39, 0.29) is 0 Å². The van der Waals surface area contributed by atoms with Crippen molar-refractivity contribution in [3.8, 4) is 0 Å². The first-order chi connectivity index (χ1) is 7.31. The summed E-state index contributed by atoms with van der Waals surface area (Å²) in [6.07, 6.45) is 0. The van der Waals surface area contributed by atoms with Crippen molar-refractivity contribution in [3.05, 3.63) is 41.7 Å². The van der Waals surface area contributed by atoms with Crippen molar-refractivity contribution in [1.82, 2.24) is 0 Å². The van der Waals surface area contributed by atoms with Crippen LogP contribution in [-0.2, 0) is 14.2 Å². The van der Waals surface area contributed by atoms with Crippen molar-refractivity contribution in [1.29, 1.82) is 0 Å². The molecule has 0 radical (unpaired) electrons. The van der Waals surface area contributed by atoms with Crippen LogP contribution in [0.15, 0.2) is 41.7 Å². The Morgan fingerprint density at radius 2 is 1.53 bits per heavy atom. The highest BCUT2D eigenvalue weighted by molar-refractivity contribution is 6.60. The second-order valence-electron chi connectivity index (χ2n) is 2.99. The lowest BCUT2D eigenvalue weighted by molar-refractivity contribution is 0.0756. The zero-order valence-corrected chi connectivity index (χ0v) is 10.7. The summed E-state index contributed by atoms with van der Waals surface area (Å²) < 4.78 is 15.5. The van der Waals surface area contributed by atoms with E-state index in [4.69, 9.17) is 14.2 Å². The number of hydrogen-bond acceptors (Lipinski definition) is 3. The van der Waals surface area contributed by atoms with E-state index in [9.17, 15) is 0 Å². The van der Waals surface area contributed by atoms with Crippen molar-refractivity contribution < 1.29 is 14.2 Å². The molecule has 4 heteroatoms. The van der Waals surface area contributed by atoms with E-state index in [2.05, 4.69) is 12.1 Å². The van der Waals surface area contributed by atoms with Crippen molar-refractivity contribution in [3.63, 3.8) is 0 Å².